The highest BCUT2D eigenvalue weighted by Crippen LogP contribution is 2.37. The SMILES string of the molecule is O=CN1CCC(C(=O)N2CCC(OCc3cc(C(F)(F)F)cc(C(F)(F)F)c3)C(c3ccccc3)C2)CC1. The van der Waals surface area contributed by atoms with Crippen molar-refractivity contribution in [3.05, 3.63) is 70.8 Å². The van der Waals surface area contributed by atoms with Crippen LogP contribution in [0.1, 0.15) is 47.4 Å². The molecule has 2 aromatic carbocycles. The van der Waals surface area contributed by atoms with Gasteiger partial charge < -0.3 is 14.5 Å². The number of ether oxygens (including phenoxy) is 1. The zero-order valence-electron chi connectivity index (χ0n) is 20.5. The van der Waals surface area contributed by atoms with E-state index in [-0.39, 0.29) is 29.4 Å². The van der Waals surface area contributed by atoms with Crippen LogP contribution in [0, 0.1) is 5.92 Å². The second-order valence-electron chi connectivity index (χ2n) is 9.77. The lowest BCUT2D eigenvalue weighted by molar-refractivity contribution is -0.143. The highest BCUT2D eigenvalue weighted by Gasteiger charge is 2.38. The largest absolute Gasteiger partial charge is 0.416 e. The molecule has 0 radical (unpaired) electrons. The molecule has 11 heteroatoms. The average molecular weight is 543 g/mol. The number of alkyl halides is 6. The predicted molar refractivity (Wildman–Crippen MR) is 126 cm³/mol. The van der Waals surface area contributed by atoms with E-state index in [0.717, 1.165) is 12.0 Å². The molecule has 2 atom stereocenters. The highest BCUT2D eigenvalue weighted by molar-refractivity contribution is 5.79. The fraction of sp³-hybridized carbons (Fsp3) is 0.481. The Balaban J connectivity index is 1.50. The van der Waals surface area contributed by atoms with E-state index in [1.54, 1.807) is 9.80 Å². The molecule has 2 unspecified atom stereocenters. The Labute approximate surface area is 216 Å². The summed E-state index contributed by atoms with van der Waals surface area (Å²) in [5.74, 6) is -0.523. The number of rotatable bonds is 6. The van der Waals surface area contributed by atoms with Gasteiger partial charge in [-0.15, -0.1) is 0 Å². The minimum absolute atomic E-state index is 0.0115. The van der Waals surface area contributed by atoms with Crippen molar-refractivity contribution in [3.63, 3.8) is 0 Å². The van der Waals surface area contributed by atoms with Gasteiger partial charge in [0, 0.05) is 38.0 Å². The molecule has 0 saturated carbocycles. The van der Waals surface area contributed by atoms with Crippen molar-refractivity contribution in [1.29, 1.82) is 0 Å². The molecular weight excluding hydrogens is 514 g/mol. The summed E-state index contributed by atoms with van der Waals surface area (Å²) >= 11 is 0. The van der Waals surface area contributed by atoms with Crippen molar-refractivity contribution in [2.75, 3.05) is 26.2 Å². The summed E-state index contributed by atoms with van der Waals surface area (Å²) in [5, 5.41) is 0. The number of likely N-dealkylation sites (tertiary alicyclic amines) is 2. The maximum atomic E-state index is 13.3. The third-order valence-corrected chi connectivity index (χ3v) is 7.23. The maximum absolute atomic E-state index is 13.3. The summed E-state index contributed by atoms with van der Waals surface area (Å²) < 4.78 is 85.5. The van der Waals surface area contributed by atoms with Crippen LogP contribution in [0.25, 0.3) is 0 Å². The Bertz CT molecular complexity index is 1080. The Kier molecular flexibility index (Phi) is 8.34. The normalized spacial score (nSPS) is 21.4. The van der Waals surface area contributed by atoms with Crippen LogP contribution in [-0.2, 0) is 33.3 Å². The molecule has 2 saturated heterocycles. The van der Waals surface area contributed by atoms with Crippen LogP contribution in [0.5, 0.6) is 0 Å². The van der Waals surface area contributed by atoms with Gasteiger partial charge in [0.05, 0.1) is 23.8 Å². The Morgan fingerprint density at radius 1 is 0.895 bits per heavy atom. The van der Waals surface area contributed by atoms with Gasteiger partial charge in [0.1, 0.15) is 0 Å². The summed E-state index contributed by atoms with van der Waals surface area (Å²) in [6.07, 6.45) is -8.09. The molecule has 2 fully saturated rings. The lowest BCUT2D eigenvalue weighted by Crippen LogP contribution is -2.49. The molecular formula is C27H28F6N2O3. The lowest BCUT2D eigenvalue weighted by atomic mass is 9.86. The quantitative estimate of drug-likeness (QED) is 0.358. The van der Waals surface area contributed by atoms with Gasteiger partial charge in [-0.2, -0.15) is 26.3 Å². The van der Waals surface area contributed by atoms with Gasteiger partial charge in [-0.1, -0.05) is 30.3 Å². The number of hydrogen-bond donors (Lipinski definition) is 0. The van der Waals surface area contributed by atoms with Crippen molar-refractivity contribution in [3.8, 4) is 0 Å². The first-order valence-electron chi connectivity index (χ1n) is 12.4. The maximum Gasteiger partial charge on any atom is 0.416 e. The van der Waals surface area contributed by atoms with Crippen LogP contribution in [-0.4, -0.2) is 54.4 Å². The fourth-order valence-corrected chi connectivity index (χ4v) is 5.17. The summed E-state index contributed by atoms with van der Waals surface area (Å²) in [5.41, 5.74) is -2.12. The molecule has 206 valence electrons. The number of carbonyl (C=O) groups excluding carboxylic acids is 2. The summed E-state index contributed by atoms with van der Waals surface area (Å²) in [6.45, 7) is 1.27. The molecule has 2 aliphatic heterocycles. The smallest absolute Gasteiger partial charge is 0.373 e. The molecule has 2 aliphatic rings. The minimum atomic E-state index is -4.93. The molecule has 4 rings (SSSR count). The number of nitrogens with zero attached hydrogens (tertiary/aromatic N) is 2. The number of benzene rings is 2. The molecule has 0 bridgehead atoms. The van der Waals surface area contributed by atoms with E-state index in [1.807, 2.05) is 30.3 Å². The molecule has 2 aromatic rings. The Morgan fingerprint density at radius 3 is 2.05 bits per heavy atom. The van der Waals surface area contributed by atoms with Crippen LogP contribution in [0.15, 0.2) is 48.5 Å². The first kappa shape index (κ1) is 27.9. The van der Waals surface area contributed by atoms with Gasteiger partial charge in [0.25, 0.3) is 0 Å². The summed E-state index contributed by atoms with van der Waals surface area (Å²) in [7, 11) is 0. The number of hydrogen-bond acceptors (Lipinski definition) is 3. The zero-order chi connectivity index (χ0) is 27.5. The second kappa shape index (κ2) is 11.3. The van der Waals surface area contributed by atoms with E-state index in [9.17, 15) is 35.9 Å². The first-order chi connectivity index (χ1) is 18.0. The van der Waals surface area contributed by atoms with E-state index in [1.165, 1.54) is 0 Å². The molecule has 0 aliphatic carbocycles. The van der Waals surface area contributed by atoms with Gasteiger partial charge >= 0.3 is 12.4 Å². The molecule has 0 N–H and O–H groups in total. The van der Waals surface area contributed by atoms with E-state index in [0.29, 0.717) is 57.6 Å². The third-order valence-electron chi connectivity index (χ3n) is 7.23. The van der Waals surface area contributed by atoms with Crippen molar-refractivity contribution in [1.82, 2.24) is 9.80 Å². The van der Waals surface area contributed by atoms with Crippen LogP contribution in [0.2, 0.25) is 0 Å². The average Bonchev–Trinajstić information content (AvgIpc) is 2.91. The number of piperidine rings is 2. The Hall–Kier alpha value is -3.08. The molecule has 38 heavy (non-hydrogen) atoms. The van der Waals surface area contributed by atoms with Crippen LogP contribution in [0.3, 0.4) is 0 Å². The predicted octanol–water partition coefficient (Wildman–Crippen LogP) is 5.49. The van der Waals surface area contributed by atoms with Gasteiger partial charge in [-0.05, 0) is 48.6 Å². The second-order valence-corrected chi connectivity index (χ2v) is 9.77. The summed E-state index contributed by atoms with van der Waals surface area (Å²) in [4.78, 5) is 27.6. The van der Waals surface area contributed by atoms with Gasteiger partial charge in [-0.25, -0.2) is 0 Å². The van der Waals surface area contributed by atoms with Gasteiger partial charge in [0.2, 0.25) is 12.3 Å². The van der Waals surface area contributed by atoms with Crippen LogP contribution < -0.4 is 0 Å². The standard InChI is InChI=1S/C27H28F6N2O3/c28-26(29,30)21-12-18(13-22(14-21)27(31,32)33)16-38-24-8-11-35(15-23(24)19-4-2-1-3-5-19)25(37)20-6-9-34(17-36)10-7-20/h1-5,12-14,17,20,23-24H,6-11,15-16H2. The van der Waals surface area contributed by atoms with Crippen molar-refractivity contribution in [2.45, 2.75) is 50.2 Å². The van der Waals surface area contributed by atoms with Gasteiger partial charge in [0.15, 0.2) is 0 Å². The van der Waals surface area contributed by atoms with Crippen molar-refractivity contribution < 1.29 is 40.7 Å². The molecule has 2 amide bonds. The van der Waals surface area contributed by atoms with E-state index in [4.69, 9.17) is 4.74 Å². The third kappa shape index (κ3) is 6.67. The zero-order valence-corrected chi connectivity index (χ0v) is 20.5. The number of amides is 2. The Morgan fingerprint density at radius 2 is 1.50 bits per heavy atom. The minimum Gasteiger partial charge on any atom is -0.373 e. The van der Waals surface area contributed by atoms with E-state index >= 15 is 0 Å². The number of carbonyl (C=O) groups is 2. The van der Waals surface area contributed by atoms with Crippen molar-refractivity contribution >= 4 is 12.3 Å². The first-order valence-corrected chi connectivity index (χ1v) is 12.4. The monoisotopic (exact) mass is 542 g/mol. The number of halogens is 6. The van der Waals surface area contributed by atoms with Crippen LogP contribution in [0.4, 0.5) is 26.3 Å². The summed E-state index contributed by atoms with van der Waals surface area (Å²) in [6, 6.07) is 10.7. The molecule has 5 nitrogen and oxygen atoms in total. The van der Waals surface area contributed by atoms with Crippen molar-refractivity contribution in [2.24, 2.45) is 5.92 Å². The molecule has 2 heterocycles. The lowest BCUT2D eigenvalue weighted by Gasteiger charge is -2.41. The highest BCUT2D eigenvalue weighted by atomic mass is 19.4. The van der Waals surface area contributed by atoms with E-state index < -0.39 is 36.2 Å². The van der Waals surface area contributed by atoms with Gasteiger partial charge in [-0.3, -0.25) is 9.59 Å². The topological polar surface area (TPSA) is 49.9 Å². The molecule has 0 spiro atoms. The van der Waals surface area contributed by atoms with Crippen LogP contribution >= 0.6 is 0 Å². The fourth-order valence-electron chi connectivity index (χ4n) is 5.17. The molecule has 0 aromatic heterocycles. The van der Waals surface area contributed by atoms with E-state index in [2.05, 4.69) is 0 Å².